The maximum absolute atomic E-state index is 14.6. The number of hydrogen-bond acceptors (Lipinski definition) is 5. The van der Waals surface area contributed by atoms with E-state index in [0.29, 0.717) is 12.8 Å². The van der Waals surface area contributed by atoms with Crippen LogP contribution in [0.5, 0.6) is 0 Å². The molecule has 0 bridgehead atoms. The molecule has 3 aliphatic rings. The van der Waals surface area contributed by atoms with Crippen LogP contribution in [0, 0.1) is 17.8 Å². The summed E-state index contributed by atoms with van der Waals surface area (Å²) < 4.78 is 38.9. The van der Waals surface area contributed by atoms with Gasteiger partial charge < -0.3 is 0 Å². The molecular weight excluding hydrogens is 395 g/mol. The largest absolute Gasteiger partial charge is 0.300 e. The van der Waals surface area contributed by atoms with Gasteiger partial charge in [-0.05, 0) is 44.6 Å². The van der Waals surface area contributed by atoms with Gasteiger partial charge in [0.2, 0.25) is 15.9 Å². The lowest BCUT2D eigenvalue weighted by Gasteiger charge is -2.37. The summed E-state index contributed by atoms with van der Waals surface area (Å²) >= 11 is 6.18. The predicted octanol–water partition coefficient (Wildman–Crippen LogP) is 0.960. The molecule has 1 aliphatic heterocycles. The molecule has 1 amide bonds. The van der Waals surface area contributed by atoms with E-state index in [1.807, 2.05) is 7.05 Å². The third kappa shape index (κ3) is 5.53. The molecule has 27 heavy (non-hydrogen) atoms. The Morgan fingerprint density at radius 2 is 2.00 bits per heavy atom. The van der Waals surface area contributed by atoms with Gasteiger partial charge in [0, 0.05) is 19.3 Å². The van der Waals surface area contributed by atoms with Crippen molar-refractivity contribution in [3.8, 4) is 0 Å². The van der Waals surface area contributed by atoms with E-state index in [-0.39, 0.29) is 23.6 Å². The van der Waals surface area contributed by atoms with Crippen LogP contribution >= 0.6 is 11.6 Å². The zero-order valence-corrected chi connectivity index (χ0v) is 17.2. The molecule has 1 saturated heterocycles. The summed E-state index contributed by atoms with van der Waals surface area (Å²) in [5, 5.41) is 2.62. The number of nitrogens with one attached hydrogen (secondary N) is 3. The molecule has 5 atom stereocenters. The van der Waals surface area contributed by atoms with Gasteiger partial charge in [-0.1, -0.05) is 12.8 Å². The van der Waals surface area contributed by atoms with Gasteiger partial charge >= 0.3 is 0 Å². The Morgan fingerprint density at radius 3 is 2.63 bits per heavy atom. The molecular formula is C17H30ClFN4O3S. The number of halogens is 2. The monoisotopic (exact) mass is 424 g/mol. The number of sulfonamides is 1. The van der Waals surface area contributed by atoms with E-state index in [1.54, 1.807) is 0 Å². The first-order chi connectivity index (χ1) is 12.7. The highest BCUT2D eigenvalue weighted by molar-refractivity contribution is 7.89. The molecule has 3 rings (SSSR count). The van der Waals surface area contributed by atoms with Crippen LogP contribution in [-0.4, -0.2) is 62.8 Å². The fourth-order valence-corrected chi connectivity index (χ4v) is 6.31. The number of carbonyl (C=O) groups excluding carboxylic acids is 1. The number of nitrogens with zero attached hydrogens (tertiary/aromatic N) is 1. The van der Waals surface area contributed by atoms with Gasteiger partial charge in [0.15, 0.2) is 0 Å². The van der Waals surface area contributed by atoms with Crippen molar-refractivity contribution in [3.05, 3.63) is 0 Å². The number of amides is 1. The molecule has 1 heterocycles. The highest BCUT2D eigenvalue weighted by Crippen LogP contribution is 2.37. The SMILES string of the molecule is CN1CNC(C2CC(Cl)C(F)C(C(=O)NNS(=O)(=O)CC3CCCC3)C2)C1. The minimum Gasteiger partial charge on any atom is -0.300 e. The average Bonchev–Trinajstić information content (AvgIpc) is 3.26. The number of likely N-dealkylation sites (N-methyl/N-ethyl adjacent to an activating group) is 1. The van der Waals surface area contributed by atoms with Crippen molar-refractivity contribution in [2.75, 3.05) is 26.0 Å². The first-order valence-electron chi connectivity index (χ1n) is 9.74. The molecule has 0 aromatic carbocycles. The van der Waals surface area contributed by atoms with Crippen LogP contribution in [0.25, 0.3) is 0 Å². The lowest BCUT2D eigenvalue weighted by atomic mass is 9.76. The molecule has 0 spiro atoms. The quantitative estimate of drug-likeness (QED) is 0.436. The molecule has 0 aromatic rings. The number of hydrazine groups is 1. The lowest BCUT2D eigenvalue weighted by Crippen LogP contribution is -2.52. The summed E-state index contributed by atoms with van der Waals surface area (Å²) in [6.45, 7) is 1.58. The van der Waals surface area contributed by atoms with Crippen LogP contribution < -0.4 is 15.6 Å². The summed E-state index contributed by atoms with van der Waals surface area (Å²) in [5.41, 5.74) is 2.23. The van der Waals surface area contributed by atoms with Crippen molar-refractivity contribution >= 4 is 27.5 Å². The molecule has 5 unspecified atom stereocenters. The second kappa shape index (κ2) is 8.90. The minimum absolute atomic E-state index is 0.00388. The van der Waals surface area contributed by atoms with Crippen molar-refractivity contribution in [2.24, 2.45) is 17.8 Å². The topological polar surface area (TPSA) is 90.5 Å². The molecule has 3 N–H and O–H groups in total. The Balaban J connectivity index is 1.55. The standard InChI is InChI=1S/C17H30ClFN4O3S/c1-23-8-15(20-10-23)12-6-13(16(19)14(18)7-12)17(24)21-22-27(25,26)9-11-4-2-3-5-11/h11-16,20,22H,2-10H2,1H3,(H,21,24). The van der Waals surface area contributed by atoms with E-state index < -0.39 is 33.4 Å². The summed E-state index contributed by atoms with van der Waals surface area (Å²) in [4.78, 5) is 16.8. The van der Waals surface area contributed by atoms with Crippen LogP contribution in [0.4, 0.5) is 4.39 Å². The minimum atomic E-state index is -3.62. The highest BCUT2D eigenvalue weighted by Gasteiger charge is 2.44. The summed E-state index contributed by atoms with van der Waals surface area (Å²) in [5.74, 6) is -1.39. The molecule has 2 saturated carbocycles. The van der Waals surface area contributed by atoms with E-state index in [4.69, 9.17) is 11.6 Å². The van der Waals surface area contributed by atoms with Gasteiger partial charge in [-0.3, -0.25) is 20.4 Å². The van der Waals surface area contributed by atoms with Crippen molar-refractivity contribution < 1.29 is 17.6 Å². The number of rotatable bonds is 6. The van der Waals surface area contributed by atoms with Crippen LogP contribution in [-0.2, 0) is 14.8 Å². The molecule has 7 nitrogen and oxygen atoms in total. The second-order valence-electron chi connectivity index (χ2n) is 8.33. The summed E-state index contributed by atoms with van der Waals surface area (Å²) in [6.07, 6.45) is 3.24. The Hall–Kier alpha value is -0.480. The van der Waals surface area contributed by atoms with Gasteiger partial charge in [-0.2, -0.15) is 0 Å². The Morgan fingerprint density at radius 1 is 1.30 bits per heavy atom. The van der Waals surface area contributed by atoms with E-state index in [0.717, 1.165) is 38.9 Å². The first-order valence-corrected chi connectivity index (χ1v) is 11.8. The molecule has 10 heteroatoms. The fourth-order valence-electron chi connectivity index (χ4n) is 4.61. The fraction of sp³-hybridized carbons (Fsp3) is 0.941. The van der Waals surface area contributed by atoms with Crippen molar-refractivity contribution in [1.29, 1.82) is 0 Å². The molecule has 0 aromatic heterocycles. The Kier molecular flexibility index (Phi) is 7.00. The third-order valence-corrected chi connectivity index (χ3v) is 7.85. The van der Waals surface area contributed by atoms with Gasteiger partial charge in [0.25, 0.3) is 0 Å². The lowest BCUT2D eigenvalue weighted by molar-refractivity contribution is -0.129. The van der Waals surface area contributed by atoms with Gasteiger partial charge in [-0.15, -0.1) is 16.4 Å². The van der Waals surface area contributed by atoms with Crippen LogP contribution in [0.15, 0.2) is 0 Å². The van der Waals surface area contributed by atoms with E-state index in [1.165, 1.54) is 0 Å². The zero-order chi connectivity index (χ0) is 19.6. The maximum atomic E-state index is 14.6. The van der Waals surface area contributed by atoms with Crippen molar-refractivity contribution in [3.63, 3.8) is 0 Å². The third-order valence-electron chi connectivity index (χ3n) is 6.11. The summed E-state index contributed by atoms with van der Waals surface area (Å²) in [6, 6.07) is 0.165. The van der Waals surface area contributed by atoms with E-state index in [9.17, 15) is 17.6 Å². The summed E-state index contributed by atoms with van der Waals surface area (Å²) in [7, 11) is -1.63. The van der Waals surface area contributed by atoms with Crippen molar-refractivity contribution in [2.45, 2.75) is 56.1 Å². The van der Waals surface area contributed by atoms with Gasteiger partial charge in [0.05, 0.1) is 17.0 Å². The van der Waals surface area contributed by atoms with Gasteiger partial charge in [0.1, 0.15) is 6.17 Å². The van der Waals surface area contributed by atoms with E-state index in [2.05, 4.69) is 20.5 Å². The molecule has 0 radical (unpaired) electrons. The Bertz CT molecular complexity index is 632. The average molecular weight is 425 g/mol. The van der Waals surface area contributed by atoms with Crippen LogP contribution in [0.2, 0.25) is 0 Å². The normalized spacial score (nSPS) is 36.2. The van der Waals surface area contributed by atoms with Crippen LogP contribution in [0.3, 0.4) is 0 Å². The predicted molar refractivity (Wildman–Crippen MR) is 102 cm³/mol. The van der Waals surface area contributed by atoms with Crippen molar-refractivity contribution in [1.82, 2.24) is 20.5 Å². The number of hydrogen-bond donors (Lipinski definition) is 3. The zero-order valence-electron chi connectivity index (χ0n) is 15.7. The van der Waals surface area contributed by atoms with E-state index >= 15 is 0 Å². The molecule has 2 aliphatic carbocycles. The number of alkyl halides is 2. The Labute approximate surface area is 165 Å². The second-order valence-corrected chi connectivity index (χ2v) is 10.7. The highest BCUT2D eigenvalue weighted by atomic mass is 35.5. The molecule has 3 fully saturated rings. The van der Waals surface area contributed by atoms with Gasteiger partial charge in [-0.25, -0.2) is 12.8 Å². The smallest absolute Gasteiger partial charge is 0.241 e. The molecule has 156 valence electrons. The maximum Gasteiger partial charge on any atom is 0.241 e. The first kappa shape index (κ1) is 21.2. The van der Waals surface area contributed by atoms with Crippen LogP contribution in [0.1, 0.15) is 38.5 Å². The number of carbonyl (C=O) groups is 1.